The fourth-order valence-corrected chi connectivity index (χ4v) is 1.68. The second-order valence-corrected chi connectivity index (χ2v) is 3.59. The van der Waals surface area contributed by atoms with Crippen molar-refractivity contribution in [3.8, 4) is 11.1 Å². The molecule has 0 bridgehead atoms. The monoisotopic (exact) mass is 216 g/mol. The van der Waals surface area contributed by atoms with Crippen LogP contribution in [-0.2, 0) is 6.42 Å². The third kappa shape index (κ3) is 2.03. The van der Waals surface area contributed by atoms with Crippen molar-refractivity contribution in [2.75, 3.05) is 5.73 Å². The third-order valence-corrected chi connectivity index (χ3v) is 2.49. The number of nitrogens with zero attached hydrogens (tertiary/aromatic N) is 1. The molecule has 1 aromatic heterocycles. The Hall–Kier alpha value is -1.90. The molecule has 0 unspecified atom stereocenters. The van der Waals surface area contributed by atoms with E-state index in [1.165, 1.54) is 12.1 Å². The molecular weight excluding hydrogens is 203 g/mol. The Kier molecular flexibility index (Phi) is 2.86. The molecule has 0 aliphatic carbocycles. The molecule has 0 saturated carbocycles. The van der Waals surface area contributed by atoms with Crippen LogP contribution in [0.3, 0.4) is 0 Å². The van der Waals surface area contributed by atoms with Crippen LogP contribution in [0.5, 0.6) is 0 Å². The quantitative estimate of drug-likeness (QED) is 0.838. The van der Waals surface area contributed by atoms with Gasteiger partial charge in [-0.2, -0.15) is 0 Å². The van der Waals surface area contributed by atoms with E-state index in [1.807, 2.05) is 13.0 Å². The number of benzene rings is 1. The van der Waals surface area contributed by atoms with Gasteiger partial charge in [-0.05, 0) is 36.2 Å². The maximum atomic E-state index is 12.8. The van der Waals surface area contributed by atoms with Crippen molar-refractivity contribution in [1.82, 2.24) is 4.98 Å². The number of nitrogen functional groups attached to an aromatic ring is 1. The summed E-state index contributed by atoms with van der Waals surface area (Å²) < 4.78 is 12.8. The van der Waals surface area contributed by atoms with Crippen LogP contribution >= 0.6 is 0 Å². The Balaban J connectivity index is 2.51. The molecule has 1 aromatic carbocycles. The van der Waals surface area contributed by atoms with Gasteiger partial charge in [-0.25, -0.2) is 9.37 Å². The van der Waals surface area contributed by atoms with Crippen LogP contribution in [0.15, 0.2) is 36.4 Å². The highest BCUT2D eigenvalue weighted by molar-refractivity contribution is 5.67. The van der Waals surface area contributed by atoms with Crippen molar-refractivity contribution in [2.24, 2.45) is 0 Å². The van der Waals surface area contributed by atoms with Gasteiger partial charge < -0.3 is 5.73 Å². The molecule has 2 rings (SSSR count). The van der Waals surface area contributed by atoms with Gasteiger partial charge in [0.2, 0.25) is 0 Å². The van der Waals surface area contributed by atoms with Crippen LogP contribution in [0.4, 0.5) is 10.2 Å². The van der Waals surface area contributed by atoms with Crippen molar-refractivity contribution >= 4 is 5.82 Å². The number of hydrogen-bond acceptors (Lipinski definition) is 2. The van der Waals surface area contributed by atoms with Crippen LogP contribution in [-0.4, -0.2) is 4.98 Å². The predicted molar refractivity (Wildman–Crippen MR) is 63.4 cm³/mol. The van der Waals surface area contributed by atoms with Crippen molar-refractivity contribution in [3.63, 3.8) is 0 Å². The number of pyridine rings is 1. The lowest BCUT2D eigenvalue weighted by atomic mass is 10.0. The van der Waals surface area contributed by atoms with Gasteiger partial charge in [0.1, 0.15) is 11.6 Å². The predicted octanol–water partition coefficient (Wildman–Crippen LogP) is 3.03. The molecule has 16 heavy (non-hydrogen) atoms. The normalized spacial score (nSPS) is 10.4. The molecule has 3 heteroatoms. The molecule has 1 heterocycles. The van der Waals surface area contributed by atoms with E-state index < -0.39 is 0 Å². The summed E-state index contributed by atoms with van der Waals surface area (Å²) in [7, 11) is 0. The highest BCUT2D eigenvalue weighted by Crippen LogP contribution is 2.24. The van der Waals surface area contributed by atoms with E-state index in [1.54, 1.807) is 18.2 Å². The number of hydrogen-bond donors (Lipinski definition) is 1. The molecule has 82 valence electrons. The van der Waals surface area contributed by atoms with Crippen LogP contribution in [0.1, 0.15) is 12.6 Å². The van der Waals surface area contributed by atoms with E-state index >= 15 is 0 Å². The lowest BCUT2D eigenvalue weighted by molar-refractivity contribution is 0.628. The zero-order valence-corrected chi connectivity index (χ0v) is 9.07. The van der Waals surface area contributed by atoms with Gasteiger partial charge in [-0.1, -0.05) is 19.1 Å². The lowest BCUT2D eigenvalue weighted by Crippen LogP contribution is -1.97. The van der Waals surface area contributed by atoms with E-state index in [2.05, 4.69) is 4.98 Å². The Morgan fingerprint density at radius 1 is 1.12 bits per heavy atom. The number of halogens is 1. The zero-order chi connectivity index (χ0) is 11.5. The molecular formula is C13H13FN2. The first kappa shape index (κ1) is 10.6. The Morgan fingerprint density at radius 2 is 1.81 bits per heavy atom. The minimum Gasteiger partial charge on any atom is -0.384 e. The highest BCUT2D eigenvalue weighted by atomic mass is 19.1. The van der Waals surface area contributed by atoms with Crippen molar-refractivity contribution in [1.29, 1.82) is 0 Å². The molecule has 0 radical (unpaired) electrons. The second kappa shape index (κ2) is 4.31. The minimum absolute atomic E-state index is 0.231. The average molecular weight is 216 g/mol. The summed E-state index contributed by atoms with van der Waals surface area (Å²) in [5.41, 5.74) is 8.55. The Labute approximate surface area is 93.9 Å². The zero-order valence-electron chi connectivity index (χ0n) is 9.07. The van der Waals surface area contributed by atoms with Gasteiger partial charge in [0, 0.05) is 5.56 Å². The minimum atomic E-state index is -0.231. The van der Waals surface area contributed by atoms with Gasteiger partial charge in [-0.3, -0.25) is 0 Å². The number of anilines is 1. The first-order valence-corrected chi connectivity index (χ1v) is 5.22. The summed E-state index contributed by atoms with van der Waals surface area (Å²) in [6.07, 6.45) is 0.803. The lowest BCUT2D eigenvalue weighted by Gasteiger charge is -2.07. The second-order valence-electron chi connectivity index (χ2n) is 3.59. The molecule has 0 amide bonds. The summed E-state index contributed by atoms with van der Waals surface area (Å²) in [6.45, 7) is 2.02. The average Bonchev–Trinajstić information content (AvgIpc) is 2.30. The summed E-state index contributed by atoms with van der Waals surface area (Å²) in [5, 5.41) is 0. The summed E-state index contributed by atoms with van der Waals surface area (Å²) >= 11 is 0. The molecule has 0 aliphatic rings. The van der Waals surface area contributed by atoms with Gasteiger partial charge in [0.15, 0.2) is 0 Å². The molecule has 0 aliphatic heterocycles. The summed E-state index contributed by atoms with van der Waals surface area (Å²) in [5.74, 6) is 0.285. The summed E-state index contributed by atoms with van der Waals surface area (Å²) in [6, 6.07) is 10.1. The van der Waals surface area contributed by atoms with Gasteiger partial charge in [0.25, 0.3) is 0 Å². The van der Waals surface area contributed by atoms with Crippen LogP contribution in [0.2, 0.25) is 0 Å². The molecule has 2 nitrogen and oxygen atoms in total. The molecule has 2 aromatic rings. The fraction of sp³-hybridized carbons (Fsp3) is 0.154. The topological polar surface area (TPSA) is 38.9 Å². The number of nitrogens with two attached hydrogens (primary N) is 1. The third-order valence-electron chi connectivity index (χ3n) is 2.49. The Morgan fingerprint density at radius 3 is 2.44 bits per heavy atom. The summed E-state index contributed by atoms with van der Waals surface area (Å²) in [4.78, 5) is 4.27. The van der Waals surface area contributed by atoms with Crippen LogP contribution in [0, 0.1) is 5.82 Å². The maximum absolute atomic E-state index is 12.8. The van der Waals surface area contributed by atoms with Gasteiger partial charge in [-0.15, -0.1) is 0 Å². The number of rotatable bonds is 2. The van der Waals surface area contributed by atoms with E-state index in [9.17, 15) is 4.39 Å². The van der Waals surface area contributed by atoms with Crippen molar-refractivity contribution in [3.05, 3.63) is 47.9 Å². The molecule has 0 atom stereocenters. The first-order chi connectivity index (χ1) is 7.70. The first-order valence-electron chi connectivity index (χ1n) is 5.22. The van der Waals surface area contributed by atoms with Gasteiger partial charge >= 0.3 is 0 Å². The smallest absolute Gasteiger partial charge is 0.123 e. The number of aromatic nitrogens is 1. The van der Waals surface area contributed by atoms with E-state index in [4.69, 9.17) is 5.73 Å². The van der Waals surface area contributed by atoms with E-state index in [0.29, 0.717) is 5.82 Å². The standard InChI is InChI=1S/C13H13FN2/c1-2-12-11(7-8-13(15)16-12)9-3-5-10(14)6-4-9/h3-8H,2H2,1H3,(H2,15,16). The Bertz CT molecular complexity index is 492. The van der Waals surface area contributed by atoms with E-state index in [-0.39, 0.29) is 5.82 Å². The molecule has 0 spiro atoms. The molecule has 2 N–H and O–H groups in total. The fourth-order valence-electron chi connectivity index (χ4n) is 1.68. The van der Waals surface area contributed by atoms with Crippen molar-refractivity contribution < 1.29 is 4.39 Å². The SMILES string of the molecule is CCc1nc(N)ccc1-c1ccc(F)cc1. The van der Waals surface area contributed by atoms with Crippen LogP contribution < -0.4 is 5.73 Å². The van der Waals surface area contributed by atoms with E-state index in [0.717, 1.165) is 23.2 Å². The van der Waals surface area contributed by atoms with Crippen LogP contribution in [0.25, 0.3) is 11.1 Å². The molecule has 0 fully saturated rings. The largest absolute Gasteiger partial charge is 0.384 e. The highest BCUT2D eigenvalue weighted by Gasteiger charge is 2.05. The van der Waals surface area contributed by atoms with Gasteiger partial charge in [0.05, 0.1) is 5.69 Å². The maximum Gasteiger partial charge on any atom is 0.123 e. The molecule has 0 saturated heterocycles. The number of aryl methyl sites for hydroxylation is 1. The van der Waals surface area contributed by atoms with Crippen molar-refractivity contribution in [2.45, 2.75) is 13.3 Å².